The Morgan fingerprint density at radius 3 is 2.56 bits per heavy atom. The van der Waals surface area contributed by atoms with Gasteiger partial charge < -0.3 is 9.64 Å². The highest BCUT2D eigenvalue weighted by atomic mass is 16.5. The molecule has 0 bridgehead atoms. The molecule has 2 rings (SSSR count). The quantitative estimate of drug-likeness (QED) is 0.655. The third-order valence-electron chi connectivity index (χ3n) is 4.21. The van der Waals surface area contributed by atoms with Crippen molar-refractivity contribution in [2.75, 3.05) is 20.2 Å². The second-order valence-electron chi connectivity index (χ2n) is 6.95. The molecular formula is C20H27N3O4. The van der Waals surface area contributed by atoms with Gasteiger partial charge in [-0.25, -0.2) is 5.01 Å². The summed E-state index contributed by atoms with van der Waals surface area (Å²) in [7, 11) is 1.33. The average Bonchev–Trinajstić information content (AvgIpc) is 2.66. The van der Waals surface area contributed by atoms with Crippen LogP contribution in [-0.4, -0.2) is 53.6 Å². The molecular weight excluding hydrogens is 346 g/mol. The first-order valence-electron chi connectivity index (χ1n) is 9.18. The number of hydrazone groups is 1. The van der Waals surface area contributed by atoms with E-state index in [0.717, 1.165) is 5.56 Å². The fourth-order valence-electron chi connectivity index (χ4n) is 2.86. The van der Waals surface area contributed by atoms with Crippen molar-refractivity contribution in [3.63, 3.8) is 0 Å². The SMILES string of the molecule is COC(=O)CCN(CC(C)C)C(=O)C1=NN(Cc2ccccc2)C(=O)CC1. The van der Waals surface area contributed by atoms with Crippen LogP contribution >= 0.6 is 0 Å². The van der Waals surface area contributed by atoms with Gasteiger partial charge in [-0.1, -0.05) is 44.2 Å². The van der Waals surface area contributed by atoms with E-state index in [1.54, 1.807) is 4.90 Å². The fourth-order valence-corrected chi connectivity index (χ4v) is 2.86. The minimum absolute atomic E-state index is 0.0969. The minimum Gasteiger partial charge on any atom is -0.469 e. The Balaban J connectivity index is 2.13. The normalized spacial score (nSPS) is 14.1. The van der Waals surface area contributed by atoms with E-state index in [9.17, 15) is 14.4 Å². The fraction of sp³-hybridized carbons (Fsp3) is 0.500. The molecule has 0 N–H and O–H groups in total. The molecule has 7 heteroatoms. The highest BCUT2D eigenvalue weighted by molar-refractivity contribution is 6.39. The number of carbonyl (C=O) groups is 3. The van der Waals surface area contributed by atoms with Gasteiger partial charge in [0.2, 0.25) is 5.91 Å². The molecule has 0 saturated heterocycles. The first-order valence-corrected chi connectivity index (χ1v) is 9.18. The molecule has 7 nitrogen and oxygen atoms in total. The van der Waals surface area contributed by atoms with Gasteiger partial charge in [0.05, 0.1) is 20.1 Å². The predicted octanol–water partition coefficient (Wildman–Crippen LogP) is 2.21. The lowest BCUT2D eigenvalue weighted by Crippen LogP contribution is -2.43. The van der Waals surface area contributed by atoms with Crippen LogP contribution in [0.2, 0.25) is 0 Å². The van der Waals surface area contributed by atoms with Gasteiger partial charge in [-0.15, -0.1) is 0 Å². The molecule has 1 heterocycles. The summed E-state index contributed by atoms with van der Waals surface area (Å²) in [5.41, 5.74) is 1.31. The van der Waals surface area contributed by atoms with E-state index in [-0.39, 0.29) is 43.1 Å². The number of methoxy groups -OCH3 is 1. The second kappa shape index (κ2) is 9.85. The Bertz CT molecular complexity index is 700. The van der Waals surface area contributed by atoms with Crippen LogP contribution in [0.3, 0.4) is 0 Å². The highest BCUT2D eigenvalue weighted by Crippen LogP contribution is 2.15. The van der Waals surface area contributed by atoms with Gasteiger partial charge in [0.25, 0.3) is 5.91 Å². The van der Waals surface area contributed by atoms with E-state index in [1.807, 2.05) is 44.2 Å². The zero-order valence-corrected chi connectivity index (χ0v) is 16.2. The lowest BCUT2D eigenvalue weighted by molar-refractivity contribution is -0.141. The molecule has 1 aromatic carbocycles. The summed E-state index contributed by atoms with van der Waals surface area (Å²) in [4.78, 5) is 38.2. The molecule has 27 heavy (non-hydrogen) atoms. The molecule has 0 radical (unpaired) electrons. The molecule has 0 saturated carbocycles. The van der Waals surface area contributed by atoms with Gasteiger partial charge in [-0.2, -0.15) is 5.10 Å². The van der Waals surface area contributed by atoms with Crippen LogP contribution in [-0.2, 0) is 25.7 Å². The standard InChI is InChI=1S/C20H27N3O4/c1-15(2)13-22(12-11-19(25)27-3)20(26)17-9-10-18(24)23(21-17)14-16-7-5-4-6-8-16/h4-8,15H,9-14H2,1-3H3. The van der Waals surface area contributed by atoms with Crippen molar-refractivity contribution in [3.8, 4) is 0 Å². The van der Waals surface area contributed by atoms with Crippen molar-refractivity contribution in [2.24, 2.45) is 11.0 Å². The monoisotopic (exact) mass is 373 g/mol. The first-order chi connectivity index (χ1) is 12.9. The van der Waals surface area contributed by atoms with Crippen molar-refractivity contribution < 1.29 is 19.1 Å². The van der Waals surface area contributed by atoms with Crippen molar-refractivity contribution >= 4 is 23.5 Å². The zero-order valence-electron chi connectivity index (χ0n) is 16.2. The lowest BCUT2D eigenvalue weighted by Gasteiger charge is -2.28. The Morgan fingerprint density at radius 2 is 1.93 bits per heavy atom. The molecule has 1 aliphatic heterocycles. The Labute approximate surface area is 160 Å². The number of esters is 1. The molecule has 0 aliphatic carbocycles. The summed E-state index contributed by atoms with van der Waals surface area (Å²) in [5.74, 6) is -0.431. The molecule has 0 atom stereocenters. The Kier molecular flexibility index (Phi) is 7.52. The van der Waals surface area contributed by atoms with Crippen molar-refractivity contribution in [1.29, 1.82) is 0 Å². The van der Waals surface area contributed by atoms with E-state index in [4.69, 9.17) is 0 Å². The van der Waals surface area contributed by atoms with E-state index >= 15 is 0 Å². The third kappa shape index (κ3) is 6.20. The number of benzene rings is 1. The maximum absolute atomic E-state index is 12.9. The van der Waals surface area contributed by atoms with E-state index in [2.05, 4.69) is 9.84 Å². The molecule has 146 valence electrons. The van der Waals surface area contributed by atoms with Crippen molar-refractivity contribution in [3.05, 3.63) is 35.9 Å². The maximum Gasteiger partial charge on any atom is 0.307 e. The van der Waals surface area contributed by atoms with Crippen LogP contribution in [0, 0.1) is 5.92 Å². The van der Waals surface area contributed by atoms with Gasteiger partial charge in [-0.05, 0) is 11.5 Å². The Hall–Kier alpha value is -2.70. The number of carbonyl (C=O) groups excluding carboxylic acids is 3. The largest absolute Gasteiger partial charge is 0.469 e. The van der Waals surface area contributed by atoms with Crippen LogP contribution < -0.4 is 0 Å². The van der Waals surface area contributed by atoms with E-state index in [1.165, 1.54) is 12.1 Å². The van der Waals surface area contributed by atoms with Gasteiger partial charge in [-0.3, -0.25) is 14.4 Å². The number of amides is 2. The van der Waals surface area contributed by atoms with Crippen LogP contribution in [0.1, 0.15) is 38.7 Å². The number of hydrogen-bond acceptors (Lipinski definition) is 5. The number of hydrogen-bond donors (Lipinski definition) is 0. The number of ether oxygens (including phenoxy) is 1. The molecule has 0 unspecified atom stereocenters. The molecule has 0 spiro atoms. The van der Waals surface area contributed by atoms with Gasteiger partial charge in [0.1, 0.15) is 5.71 Å². The molecule has 2 amide bonds. The van der Waals surface area contributed by atoms with Crippen LogP contribution in [0.25, 0.3) is 0 Å². The summed E-state index contributed by atoms with van der Waals surface area (Å²) in [6.45, 7) is 5.14. The van der Waals surface area contributed by atoms with E-state index < -0.39 is 0 Å². The van der Waals surface area contributed by atoms with Gasteiger partial charge in [0.15, 0.2) is 0 Å². The second-order valence-corrected chi connectivity index (χ2v) is 6.95. The third-order valence-corrected chi connectivity index (χ3v) is 4.21. The summed E-state index contributed by atoms with van der Waals surface area (Å²) < 4.78 is 4.67. The minimum atomic E-state index is -0.358. The lowest BCUT2D eigenvalue weighted by atomic mass is 10.1. The van der Waals surface area contributed by atoms with Crippen LogP contribution in [0.4, 0.5) is 0 Å². The van der Waals surface area contributed by atoms with Crippen molar-refractivity contribution in [2.45, 2.75) is 39.7 Å². The maximum atomic E-state index is 12.9. The summed E-state index contributed by atoms with van der Waals surface area (Å²) in [6.07, 6.45) is 0.703. The smallest absolute Gasteiger partial charge is 0.307 e. The Morgan fingerprint density at radius 1 is 1.22 bits per heavy atom. The van der Waals surface area contributed by atoms with Gasteiger partial charge >= 0.3 is 5.97 Å². The van der Waals surface area contributed by atoms with Crippen LogP contribution in [0.5, 0.6) is 0 Å². The van der Waals surface area contributed by atoms with E-state index in [0.29, 0.717) is 25.2 Å². The highest BCUT2D eigenvalue weighted by Gasteiger charge is 2.28. The number of nitrogens with zero attached hydrogens (tertiary/aromatic N) is 3. The summed E-state index contributed by atoms with van der Waals surface area (Å²) in [6, 6.07) is 9.54. The first kappa shape index (κ1) is 20.6. The van der Waals surface area contributed by atoms with Crippen LogP contribution in [0.15, 0.2) is 35.4 Å². The molecule has 0 aromatic heterocycles. The zero-order chi connectivity index (χ0) is 19.8. The topological polar surface area (TPSA) is 79.3 Å². The predicted molar refractivity (Wildman–Crippen MR) is 102 cm³/mol. The summed E-state index contributed by atoms with van der Waals surface area (Å²) >= 11 is 0. The average molecular weight is 373 g/mol. The number of rotatable bonds is 8. The van der Waals surface area contributed by atoms with Gasteiger partial charge in [0, 0.05) is 25.9 Å². The molecule has 0 fully saturated rings. The van der Waals surface area contributed by atoms with Crippen molar-refractivity contribution in [1.82, 2.24) is 9.91 Å². The molecule has 1 aliphatic rings. The summed E-state index contributed by atoms with van der Waals surface area (Å²) in [5, 5.41) is 5.69. The molecule has 1 aromatic rings.